The summed E-state index contributed by atoms with van der Waals surface area (Å²) in [5.41, 5.74) is 4.56. The Bertz CT molecular complexity index is 747. The molecule has 0 bridgehead atoms. The van der Waals surface area contributed by atoms with Crippen molar-refractivity contribution in [3.63, 3.8) is 0 Å². The molecule has 1 heterocycles. The molecular weight excluding hydrogens is 282 g/mol. The van der Waals surface area contributed by atoms with E-state index in [1.165, 1.54) is 23.9 Å². The van der Waals surface area contributed by atoms with Crippen molar-refractivity contribution in [3.8, 4) is 11.3 Å². The van der Waals surface area contributed by atoms with E-state index >= 15 is 0 Å². The molecule has 0 radical (unpaired) electrons. The highest BCUT2D eigenvalue weighted by molar-refractivity contribution is 5.94. The average Bonchev–Trinajstić information content (AvgIpc) is 3.26. The number of halogens is 1. The van der Waals surface area contributed by atoms with Gasteiger partial charge in [0.1, 0.15) is 0 Å². The second-order valence-electron chi connectivity index (χ2n) is 5.51. The van der Waals surface area contributed by atoms with Gasteiger partial charge >= 0.3 is 0 Å². The first-order valence-electron chi connectivity index (χ1n) is 7.09. The molecule has 4 heteroatoms. The lowest BCUT2D eigenvalue weighted by Gasteiger charge is -2.18. The number of H-pyrrole nitrogens is 1. The summed E-state index contributed by atoms with van der Waals surface area (Å²) in [6, 6.07) is 17.6. The minimum Gasteiger partial charge on any atom is -0.372 e. The molecule has 1 N–H and O–H groups in total. The van der Waals surface area contributed by atoms with Gasteiger partial charge in [0.25, 0.3) is 0 Å². The molecule has 1 aliphatic carbocycles. The molecule has 1 saturated carbocycles. The zero-order valence-corrected chi connectivity index (χ0v) is 12.7. The molecule has 4 rings (SSSR count). The zero-order valence-electron chi connectivity index (χ0n) is 11.9. The van der Waals surface area contributed by atoms with Gasteiger partial charge in [-0.25, -0.2) is 0 Å². The molecule has 0 spiro atoms. The van der Waals surface area contributed by atoms with E-state index in [4.69, 9.17) is 0 Å². The first-order valence-corrected chi connectivity index (χ1v) is 7.09. The van der Waals surface area contributed by atoms with Crippen LogP contribution in [0.1, 0.15) is 12.8 Å². The number of hydrogen-bond acceptors (Lipinski definition) is 2. The first-order chi connectivity index (χ1) is 9.83. The Morgan fingerprint density at radius 2 is 1.86 bits per heavy atom. The van der Waals surface area contributed by atoms with Crippen molar-refractivity contribution < 1.29 is 0 Å². The third-order valence-corrected chi connectivity index (χ3v) is 4.10. The Kier molecular flexibility index (Phi) is 3.60. The molecule has 0 saturated heterocycles. The van der Waals surface area contributed by atoms with Crippen LogP contribution < -0.4 is 4.90 Å². The van der Waals surface area contributed by atoms with E-state index in [9.17, 15) is 0 Å². The van der Waals surface area contributed by atoms with Crippen LogP contribution in [0.25, 0.3) is 22.2 Å². The highest BCUT2D eigenvalue weighted by atomic mass is 35.5. The maximum Gasteiger partial charge on any atom is 0.0999 e. The van der Waals surface area contributed by atoms with Crippen LogP contribution in [-0.2, 0) is 0 Å². The van der Waals surface area contributed by atoms with Crippen LogP contribution >= 0.6 is 12.4 Å². The lowest BCUT2D eigenvalue weighted by atomic mass is 10.1. The van der Waals surface area contributed by atoms with Crippen LogP contribution in [0, 0.1) is 0 Å². The standard InChI is InChI=1S/C17H17N3.ClH/c1-20(13-7-8-13)14-9-10-15-16(11-14)18-19-17(15)12-5-3-2-4-6-12;/h2-6,9-11,13H,7-8H2,1H3,(H,18,19);1H. The van der Waals surface area contributed by atoms with Crippen LogP contribution in [0.3, 0.4) is 0 Å². The number of hydrogen-bond donors (Lipinski definition) is 1. The maximum atomic E-state index is 4.48. The van der Waals surface area contributed by atoms with Crippen molar-refractivity contribution in [2.45, 2.75) is 18.9 Å². The molecule has 1 aliphatic rings. The first kappa shape index (κ1) is 14.0. The number of anilines is 1. The fourth-order valence-electron chi connectivity index (χ4n) is 2.72. The number of nitrogens with zero attached hydrogens (tertiary/aromatic N) is 2. The van der Waals surface area contributed by atoms with Gasteiger partial charge in [-0.1, -0.05) is 30.3 Å². The number of nitrogens with one attached hydrogen (secondary N) is 1. The number of benzene rings is 2. The second-order valence-corrected chi connectivity index (χ2v) is 5.51. The third-order valence-electron chi connectivity index (χ3n) is 4.10. The van der Waals surface area contributed by atoms with E-state index in [1.807, 2.05) is 18.2 Å². The molecule has 21 heavy (non-hydrogen) atoms. The zero-order chi connectivity index (χ0) is 13.5. The van der Waals surface area contributed by atoms with Gasteiger partial charge in [0, 0.05) is 29.7 Å². The van der Waals surface area contributed by atoms with E-state index in [-0.39, 0.29) is 12.4 Å². The van der Waals surface area contributed by atoms with Gasteiger partial charge in [0.2, 0.25) is 0 Å². The quantitative estimate of drug-likeness (QED) is 0.784. The summed E-state index contributed by atoms with van der Waals surface area (Å²) in [4.78, 5) is 2.36. The van der Waals surface area contributed by atoms with E-state index in [2.05, 4.69) is 52.5 Å². The van der Waals surface area contributed by atoms with Gasteiger partial charge in [-0.15, -0.1) is 12.4 Å². The molecule has 0 aliphatic heterocycles. The lowest BCUT2D eigenvalue weighted by molar-refractivity contribution is 0.918. The minimum atomic E-state index is 0. The maximum absolute atomic E-state index is 4.48. The highest BCUT2D eigenvalue weighted by Crippen LogP contribution is 2.33. The fourth-order valence-corrected chi connectivity index (χ4v) is 2.72. The monoisotopic (exact) mass is 299 g/mol. The molecular formula is C17H18ClN3. The number of aromatic nitrogens is 2. The van der Waals surface area contributed by atoms with Crippen molar-refractivity contribution in [3.05, 3.63) is 48.5 Å². The topological polar surface area (TPSA) is 31.9 Å². The summed E-state index contributed by atoms with van der Waals surface area (Å²) in [5.74, 6) is 0. The molecule has 0 atom stereocenters. The minimum absolute atomic E-state index is 0. The summed E-state index contributed by atoms with van der Waals surface area (Å²) < 4.78 is 0. The van der Waals surface area contributed by atoms with Gasteiger partial charge in [-0.2, -0.15) is 5.10 Å². The van der Waals surface area contributed by atoms with Crippen LogP contribution in [-0.4, -0.2) is 23.3 Å². The van der Waals surface area contributed by atoms with Crippen LogP contribution in [0.2, 0.25) is 0 Å². The Balaban J connectivity index is 0.00000132. The Morgan fingerprint density at radius 1 is 1.10 bits per heavy atom. The van der Waals surface area contributed by atoms with Crippen molar-refractivity contribution in [1.82, 2.24) is 10.2 Å². The molecule has 0 unspecified atom stereocenters. The number of fused-ring (bicyclic) bond motifs is 1. The van der Waals surface area contributed by atoms with Crippen molar-refractivity contribution in [2.24, 2.45) is 0 Å². The highest BCUT2D eigenvalue weighted by Gasteiger charge is 2.26. The smallest absolute Gasteiger partial charge is 0.0999 e. The fraction of sp³-hybridized carbons (Fsp3) is 0.235. The largest absolute Gasteiger partial charge is 0.372 e. The Labute approximate surface area is 130 Å². The SMILES string of the molecule is CN(c1ccc2c(-c3ccccc3)n[nH]c2c1)C1CC1.Cl. The number of rotatable bonds is 3. The lowest BCUT2D eigenvalue weighted by Crippen LogP contribution is -2.18. The van der Waals surface area contributed by atoms with Crippen LogP contribution in [0.15, 0.2) is 48.5 Å². The molecule has 3 nitrogen and oxygen atoms in total. The summed E-state index contributed by atoms with van der Waals surface area (Å²) in [7, 11) is 2.17. The third kappa shape index (κ3) is 2.49. The number of aromatic amines is 1. The van der Waals surface area contributed by atoms with Gasteiger partial charge in [0.05, 0.1) is 11.2 Å². The van der Waals surface area contributed by atoms with E-state index in [0.717, 1.165) is 22.8 Å². The summed E-state index contributed by atoms with van der Waals surface area (Å²) in [5, 5.41) is 8.83. The van der Waals surface area contributed by atoms with Gasteiger partial charge in [-0.3, -0.25) is 5.10 Å². The molecule has 1 fully saturated rings. The van der Waals surface area contributed by atoms with Crippen LogP contribution in [0.5, 0.6) is 0 Å². The summed E-state index contributed by atoms with van der Waals surface area (Å²) in [6.45, 7) is 0. The normalized spacial score (nSPS) is 14.0. The Hall–Kier alpha value is -2.00. The molecule has 3 aromatic rings. The molecule has 108 valence electrons. The van der Waals surface area contributed by atoms with Gasteiger partial charge in [0.15, 0.2) is 0 Å². The van der Waals surface area contributed by atoms with E-state index in [0.29, 0.717) is 0 Å². The van der Waals surface area contributed by atoms with E-state index < -0.39 is 0 Å². The summed E-state index contributed by atoms with van der Waals surface area (Å²) in [6.07, 6.45) is 2.62. The Morgan fingerprint density at radius 3 is 2.57 bits per heavy atom. The molecule has 2 aromatic carbocycles. The average molecular weight is 300 g/mol. The van der Waals surface area contributed by atoms with Crippen molar-refractivity contribution in [2.75, 3.05) is 11.9 Å². The predicted molar refractivity (Wildman–Crippen MR) is 90.2 cm³/mol. The van der Waals surface area contributed by atoms with Crippen molar-refractivity contribution in [1.29, 1.82) is 0 Å². The van der Waals surface area contributed by atoms with Crippen LogP contribution in [0.4, 0.5) is 5.69 Å². The molecule has 1 aromatic heterocycles. The summed E-state index contributed by atoms with van der Waals surface area (Å²) >= 11 is 0. The predicted octanol–water partition coefficient (Wildman–Crippen LogP) is 4.25. The molecule has 0 amide bonds. The second kappa shape index (κ2) is 5.41. The van der Waals surface area contributed by atoms with Gasteiger partial charge < -0.3 is 4.90 Å². The van der Waals surface area contributed by atoms with Gasteiger partial charge in [-0.05, 0) is 31.0 Å². The van der Waals surface area contributed by atoms with E-state index in [1.54, 1.807) is 0 Å². The van der Waals surface area contributed by atoms with Crippen molar-refractivity contribution >= 4 is 29.0 Å².